The molecule has 6 nitrogen and oxygen atoms in total. The lowest BCUT2D eigenvalue weighted by molar-refractivity contribution is 0.0594. The Morgan fingerprint density at radius 3 is 2.79 bits per heavy atom. The number of anilines is 2. The standard InChI is InChI=1S/C13H18N4O2/c1-9(2)17(8-4-7-14)12-10(15)5-6-11(16-12)13(18)19-3/h5-6,9H,4,8,15H2,1-3H3. The van der Waals surface area contributed by atoms with Gasteiger partial charge in [0.2, 0.25) is 0 Å². The average Bonchev–Trinajstić information content (AvgIpc) is 2.39. The molecule has 2 N–H and O–H groups in total. The third-order valence-corrected chi connectivity index (χ3v) is 2.66. The van der Waals surface area contributed by atoms with Gasteiger partial charge in [-0.15, -0.1) is 0 Å². The maximum atomic E-state index is 11.5. The number of nitriles is 1. The zero-order valence-corrected chi connectivity index (χ0v) is 11.4. The largest absolute Gasteiger partial charge is 0.464 e. The summed E-state index contributed by atoms with van der Waals surface area (Å²) >= 11 is 0. The van der Waals surface area contributed by atoms with Gasteiger partial charge in [0.05, 0.1) is 25.3 Å². The first-order valence-electron chi connectivity index (χ1n) is 5.99. The predicted octanol–water partition coefficient (Wildman–Crippen LogP) is 1.58. The molecule has 0 saturated carbocycles. The summed E-state index contributed by atoms with van der Waals surface area (Å²) in [5.41, 5.74) is 6.58. The number of hydrogen-bond acceptors (Lipinski definition) is 6. The minimum Gasteiger partial charge on any atom is -0.464 e. The van der Waals surface area contributed by atoms with Gasteiger partial charge in [-0.05, 0) is 26.0 Å². The van der Waals surface area contributed by atoms with Crippen molar-refractivity contribution in [1.82, 2.24) is 4.98 Å². The lowest BCUT2D eigenvalue weighted by Gasteiger charge is -2.28. The lowest BCUT2D eigenvalue weighted by atomic mass is 10.2. The summed E-state index contributed by atoms with van der Waals surface area (Å²) in [6.45, 7) is 4.46. The number of carbonyl (C=O) groups is 1. The molecule has 0 fully saturated rings. The molecule has 1 heterocycles. The van der Waals surface area contributed by atoms with E-state index in [-0.39, 0.29) is 11.7 Å². The van der Waals surface area contributed by atoms with Gasteiger partial charge in [-0.1, -0.05) is 0 Å². The molecule has 0 aromatic carbocycles. The zero-order chi connectivity index (χ0) is 14.4. The first-order chi connectivity index (χ1) is 9.01. The van der Waals surface area contributed by atoms with E-state index in [1.807, 2.05) is 18.7 Å². The number of ether oxygens (including phenoxy) is 1. The molecule has 0 saturated heterocycles. The predicted molar refractivity (Wildman–Crippen MR) is 72.7 cm³/mol. The van der Waals surface area contributed by atoms with Crippen molar-refractivity contribution in [3.63, 3.8) is 0 Å². The van der Waals surface area contributed by atoms with Crippen LogP contribution >= 0.6 is 0 Å². The summed E-state index contributed by atoms with van der Waals surface area (Å²) in [5.74, 6) is -0.00149. The molecule has 102 valence electrons. The van der Waals surface area contributed by atoms with E-state index in [4.69, 9.17) is 11.0 Å². The number of aromatic nitrogens is 1. The molecule has 0 bridgehead atoms. The van der Waals surface area contributed by atoms with Crippen molar-refractivity contribution in [3.8, 4) is 6.07 Å². The van der Waals surface area contributed by atoms with E-state index in [0.717, 1.165) is 0 Å². The highest BCUT2D eigenvalue weighted by Crippen LogP contribution is 2.23. The second-order valence-corrected chi connectivity index (χ2v) is 4.30. The molecule has 0 amide bonds. The minimum atomic E-state index is -0.509. The van der Waals surface area contributed by atoms with Crippen LogP contribution in [0.15, 0.2) is 12.1 Å². The molecule has 0 radical (unpaired) electrons. The fourth-order valence-electron chi connectivity index (χ4n) is 1.69. The number of methoxy groups -OCH3 is 1. The van der Waals surface area contributed by atoms with Crippen LogP contribution in [-0.4, -0.2) is 30.6 Å². The Bertz CT molecular complexity index is 494. The van der Waals surface area contributed by atoms with Crippen LogP contribution in [0.5, 0.6) is 0 Å². The van der Waals surface area contributed by atoms with Crippen LogP contribution in [0.2, 0.25) is 0 Å². The number of hydrogen-bond donors (Lipinski definition) is 1. The summed E-state index contributed by atoms with van der Waals surface area (Å²) in [4.78, 5) is 17.6. The molecular weight excluding hydrogens is 244 g/mol. The number of nitrogens with zero attached hydrogens (tertiary/aromatic N) is 3. The quantitative estimate of drug-likeness (QED) is 0.810. The molecule has 1 aromatic heterocycles. The van der Waals surface area contributed by atoms with Gasteiger partial charge in [0.25, 0.3) is 0 Å². The third kappa shape index (κ3) is 3.58. The summed E-state index contributed by atoms with van der Waals surface area (Å²) in [5, 5.41) is 8.69. The molecule has 0 aliphatic carbocycles. The van der Waals surface area contributed by atoms with Crippen molar-refractivity contribution in [1.29, 1.82) is 5.26 Å². The molecule has 19 heavy (non-hydrogen) atoms. The number of nitrogen functional groups attached to an aromatic ring is 1. The molecule has 0 atom stereocenters. The number of rotatable bonds is 5. The second kappa shape index (κ2) is 6.59. The van der Waals surface area contributed by atoms with E-state index in [9.17, 15) is 4.79 Å². The van der Waals surface area contributed by atoms with Gasteiger partial charge in [-0.3, -0.25) is 0 Å². The van der Waals surface area contributed by atoms with Crippen molar-refractivity contribution in [3.05, 3.63) is 17.8 Å². The Morgan fingerprint density at radius 1 is 1.58 bits per heavy atom. The summed E-state index contributed by atoms with van der Waals surface area (Å²) < 4.78 is 4.64. The Kier molecular flexibility index (Phi) is 5.12. The number of nitrogens with two attached hydrogens (primary N) is 1. The number of carbonyl (C=O) groups excluding carboxylic acids is 1. The summed E-state index contributed by atoms with van der Waals surface area (Å²) in [7, 11) is 1.30. The van der Waals surface area contributed by atoms with Gasteiger partial charge in [0.15, 0.2) is 11.5 Å². The fraction of sp³-hybridized carbons (Fsp3) is 0.462. The second-order valence-electron chi connectivity index (χ2n) is 4.30. The zero-order valence-electron chi connectivity index (χ0n) is 11.4. The summed E-state index contributed by atoms with van der Waals surface area (Å²) in [6, 6.07) is 5.35. The molecule has 0 unspecified atom stereocenters. The molecule has 0 aliphatic heterocycles. The molecular formula is C13H18N4O2. The van der Waals surface area contributed by atoms with Crippen molar-refractivity contribution in [2.75, 3.05) is 24.3 Å². The van der Waals surface area contributed by atoms with E-state index in [0.29, 0.717) is 24.5 Å². The van der Waals surface area contributed by atoms with Crippen LogP contribution in [0, 0.1) is 11.3 Å². The normalized spacial score (nSPS) is 10.1. The number of pyridine rings is 1. The van der Waals surface area contributed by atoms with E-state index in [1.165, 1.54) is 13.2 Å². The summed E-state index contributed by atoms with van der Waals surface area (Å²) in [6.07, 6.45) is 0.363. The van der Waals surface area contributed by atoms with Crippen molar-refractivity contribution < 1.29 is 9.53 Å². The van der Waals surface area contributed by atoms with Crippen LogP contribution in [0.25, 0.3) is 0 Å². The smallest absolute Gasteiger partial charge is 0.356 e. The first kappa shape index (κ1) is 14.8. The molecule has 0 aliphatic rings. The fourth-order valence-corrected chi connectivity index (χ4v) is 1.69. The third-order valence-electron chi connectivity index (χ3n) is 2.66. The Balaban J connectivity index is 3.14. The lowest BCUT2D eigenvalue weighted by Crippen LogP contribution is -2.33. The maximum Gasteiger partial charge on any atom is 0.356 e. The molecule has 1 rings (SSSR count). The Labute approximate surface area is 112 Å². The maximum absolute atomic E-state index is 11.5. The minimum absolute atomic E-state index is 0.121. The van der Waals surface area contributed by atoms with Gasteiger partial charge >= 0.3 is 5.97 Å². The first-order valence-corrected chi connectivity index (χ1v) is 5.99. The SMILES string of the molecule is COC(=O)c1ccc(N)c(N(CCC#N)C(C)C)n1. The van der Waals surface area contributed by atoms with Gasteiger partial charge < -0.3 is 15.4 Å². The van der Waals surface area contributed by atoms with Gasteiger partial charge in [0, 0.05) is 12.6 Å². The number of esters is 1. The monoisotopic (exact) mass is 262 g/mol. The van der Waals surface area contributed by atoms with Crippen molar-refractivity contribution >= 4 is 17.5 Å². The molecule has 1 aromatic rings. The molecule has 0 spiro atoms. The highest BCUT2D eigenvalue weighted by molar-refractivity contribution is 5.88. The highest BCUT2D eigenvalue weighted by Gasteiger charge is 2.17. The van der Waals surface area contributed by atoms with Crippen LogP contribution in [0.4, 0.5) is 11.5 Å². The van der Waals surface area contributed by atoms with E-state index >= 15 is 0 Å². The van der Waals surface area contributed by atoms with Crippen molar-refractivity contribution in [2.24, 2.45) is 0 Å². The van der Waals surface area contributed by atoms with E-state index < -0.39 is 5.97 Å². The highest BCUT2D eigenvalue weighted by atomic mass is 16.5. The van der Waals surface area contributed by atoms with Crippen molar-refractivity contribution in [2.45, 2.75) is 26.3 Å². The Morgan fingerprint density at radius 2 is 2.26 bits per heavy atom. The van der Waals surface area contributed by atoms with Gasteiger partial charge in [-0.2, -0.15) is 5.26 Å². The molecule has 6 heteroatoms. The van der Waals surface area contributed by atoms with Crippen LogP contribution in [0.3, 0.4) is 0 Å². The average molecular weight is 262 g/mol. The van der Waals surface area contributed by atoms with E-state index in [1.54, 1.807) is 6.07 Å². The van der Waals surface area contributed by atoms with E-state index in [2.05, 4.69) is 15.8 Å². The van der Waals surface area contributed by atoms with Crippen LogP contribution < -0.4 is 10.6 Å². The Hall–Kier alpha value is -2.29. The van der Waals surface area contributed by atoms with Crippen LogP contribution in [-0.2, 0) is 4.74 Å². The van der Waals surface area contributed by atoms with Gasteiger partial charge in [0.1, 0.15) is 0 Å². The topological polar surface area (TPSA) is 92.2 Å². The van der Waals surface area contributed by atoms with Gasteiger partial charge in [-0.25, -0.2) is 9.78 Å². The van der Waals surface area contributed by atoms with Crippen LogP contribution in [0.1, 0.15) is 30.8 Å².